The van der Waals surface area contributed by atoms with E-state index in [4.69, 9.17) is 0 Å². The second kappa shape index (κ2) is 16.5. The molecular weight excluding hydrogens is 276 g/mol. The smallest absolute Gasteiger partial charge is 0.305 e. The third-order valence-electron chi connectivity index (χ3n) is 3.95. The van der Waals surface area contributed by atoms with Gasteiger partial charge in [-0.3, -0.25) is 4.79 Å². The van der Waals surface area contributed by atoms with Crippen LogP contribution in [-0.4, -0.2) is 24.3 Å². The average molecular weight is 312 g/mol. The van der Waals surface area contributed by atoms with Gasteiger partial charge in [0, 0.05) is 6.42 Å². The molecule has 0 aliphatic rings. The van der Waals surface area contributed by atoms with Crippen molar-refractivity contribution in [1.29, 1.82) is 0 Å². The fourth-order valence-corrected chi connectivity index (χ4v) is 2.46. The van der Waals surface area contributed by atoms with Crippen LogP contribution in [0.15, 0.2) is 12.2 Å². The summed E-state index contributed by atoms with van der Waals surface area (Å²) in [6, 6.07) is 0. The maximum atomic E-state index is 10.9. The number of allylic oxidation sites excluding steroid dienone is 1. The summed E-state index contributed by atoms with van der Waals surface area (Å²) in [6.45, 7) is 2.21. The van der Waals surface area contributed by atoms with Crippen LogP contribution in [0, 0.1) is 0 Å². The zero-order valence-electron chi connectivity index (χ0n) is 14.7. The molecule has 0 rings (SSSR count). The van der Waals surface area contributed by atoms with Gasteiger partial charge in [0.2, 0.25) is 0 Å². The number of hydrogen-bond donors (Lipinski definition) is 1. The van der Waals surface area contributed by atoms with Gasteiger partial charge >= 0.3 is 5.97 Å². The van der Waals surface area contributed by atoms with E-state index in [9.17, 15) is 9.90 Å². The average Bonchev–Trinajstić information content (AvgIpc) is 2.53. The molecule has 0 aromatic heterocycles. The van der Waals surface area contributed by atoms with E-state index in [0.717, 1.165) is 38.5 Å². The minimum atomic E-state index is -0.161. The molecular formula is C19H36O3. The number of methoxy groups -OCH3 is 1. The van der Waals surface area contributed by atoms with E-state index >= 15 is 0 Å². The number of aliphatic hydroxyl groups excluding tert-OH is 1. The van der Waals surface area contributed by atoms with Crippen LogP contribution in [0.1, 0.15) is 90.4 Å². The Bertz CT molecular complexity index is 274. The zero-order valence-corrected chi connectivity index (χ0v) is 14.7. The van der Waals surface area contributed by atoms with E-state index in [2.05, 4.69) is 23.8 Å². The molecule has 0 amide bonds. The van der Waals surface area contributed by atoms with E-state index < -0.39 is 0 Å². The van der Waals surface area contributed by atoms with Crippen LogP contribution >= 0.6 is 0 Å². The number of rotatable bonds is 15. The van der Waals surface area contributed by atoms with Crippen LogP contribution in [-0.2, 0) is 9.53 Å². The largest absolute Gasteiger partial charge is 0.469 e. The van der Waals surface area contributed by atoms with Gasteiger partial charge in [-0.15, -0.1) is 0 Å². The molecule has 1 N–H and O–H groups in total. The molecule has 0 aromatic rings. The van der Waals surface area contributed by atoms with Crippen molar-refractivity contribution in [1.82, 2.24) is 0 Å². The van der Waals surface area contributed by atoms with Crippen LogP contribution in [0.25, 0.3) is 0 Å². The molecule has 0 bridgehead atoms. The molecule has 0 aromatic carbocycles. The topological polar surface area (TPSA) is 46.5 Å². The van der Waals surface area contributed by atoms with E-state index in [1.54, 1.807) is 0 Å². The predicted molar refractivity (Wildman–Crippen MR) is 92.9 cm³/mol. The molecule has 0 radical (unpaired) electrons. The molecule has 130 valence electrons. The molecule has 3 heteroatoms. The van der Waals surface area contributed by atoms with E-state index in [-0.39, 0.29) is 12.1 Å². The molecule has 0 heterocycles. The molecule has 0 saturated carbocycles. The lowest BCUT2D eigenvalue weighted by atomic mass is 10.1. The van der Waals surface area contributed by atoms with Crippen molar-refractivity contribution in [3.05, 3.63) is 12.2 Å². The van der Waals surface area contributed by atoms with Gasteiger partial charge in [0.1, 0.15) is 0 Å². The Morgan fingerprint density at radius 3 is 2.41 bits per heavy atom. The van der Waals surface area contributed by atoms with Crippen molar-refractivity contribution in [3.8, 4) is 0 Å². The van der Waals surface area contributed by atoms with Crippen molar-refractivity contribution in [2.45, 2.75) is 96.5 Å². The second-order valence-corrected chi connectivity index (χ2v) is 6.09. The molecule has 22 heavy (non-hydrogen) atoms. The number of unbranched alkanes of at least 4 members (excludes halogenated alkanes) is 8. The first-order valence-corrected chi connectivity index (χ1v) is 9.10. The summed E-state index contributed by atoms with van der Waals surface area (Å²) in [7, 11) is 1.44. The zero-order chi connectivity index (χ0) is 16.5. The van der Waals surface area contributed by atoms with Gasteiger partial charge in [0.15, 0.2) is 0 Å². The summed E-state index contributed by atoms with van der Waals surface area (Å²) >= 11 is 0. The maximum absolute atomic E-state index is 10.9. The highest BCUT2D eigenvalue weighted by molar-refractivity contribution is 5.68. The minimum Gasteiger partial charge on any atom is -0.469 e. The summed E-state index contributed by atoms with van der Waals surface area (Å²) in [6.07, 6.45) is 18.1. The number of ether oxygens (including phenoxy) is 1. The molecule has 0 fully saturated rings. The van der Waals surface area contributed by atoms with Gasteiger partial charge < -0.3 is 9.84 Å². The second-order valence-electron chi connectivity index (χ2n) is 6.09. The number of carbonyl (C=O) groups excluding carboxylic acids is 1. The summed E-state index contributed by atoms with van der Waals surface area (Å²) < 4.78 is 4.61. The van der Waals surface area contributed by atoms with Crippen LogP contribution in [0.3, 0.4) is 0 Å². The van der Waals surface area contributed by atoms with Gasteiger partial charge in [-0.05, 0) is 32.1 Å². The first-order chi connectivity index (χ1) is 10.7. The Balaban J connectivity index is 3.28. The molecule has 0 saturated heterocycles. The fourth-order valence-electron chi connectivity index (χ4n) is 2.46. The summed E-state index contributed by atoms with van der Waals surface area (Å²) in [5.74, 6) is -0.101. The number of esters is 1. The highest BCUT2D eigenvalue weighted by Gasteiger charge is 2.01. The lowest BCUT2D eigenvalue weighted by Crippen LogP contribution is -2.04. The van der Waals surface area contributed by atoms with E-state index in [1.165, 1.54) is 45.6 Å². The molecule has 1 atom stereocenters. The first-order valence-electron chi connectivity index (χ1n) is 9.10. The van der Waals surface area contributed by atoms with Gasteiger partial charge in [-0.2, -0.15) is 0 Å². The van der Waals surface area contributed by atoms with Crippen molar-refractivity contribution < 1.29 is 14.6 Å². The Morgan fingerprint density at radius 1 is 1.00 bits per heavy atom. The number of carbonyl (C=O) groups is 1. The molecule has 1 unspecified atom stereocenters. The van der Waals surface area contributed by atoms with Gasteiger partial charge in [-0.25, -0.2) is 0 Å². The Morgan fingerprint density at radius 2 is 1.68 bits per heavy atom. The highest BCUT2D eigenvalue weighted by Crippen LogP contribution is 2.10. The van der Waals surface area contributed by atoms with E-state index in [0.29, 0.717) is 6.42 Å². The normalized spacial score (nSPS) is 12.7. The Labute approximate surface area is 137 Å². The van der Waals surface area contributed by atoms with Crippen LogP contribution in [0.2, 0.25) is 0 Å². The monoisotopic (exact) mass is 312 g/mol. The number of aliphatic hydroxyl groups is 1. The third-order valence-corrected chi connectivity index (χ3v) is 3.95. The fraction of sp³-hybridized carbons (Fsp3) is 0.842. The van der Waals surface area contributed by atoms with Crippen molar-refractivity contribution >= 4 is 5.97 Å². The summed E-state index contributed by atoms with van der Waals surface area (Å²) in [5.41, 5.74) is 0. The van der Waals surface area contributed by atoms with Gasteiger partial charge in [0.25, 0.3) is 0 Å². The highest BCUT2D eigenvalue weighted by atomic mass is 16.5. The molecule has 3 nitrogen and oxygen atoms in total. The number of hydrogen-bond acceptors (Lipinski definition) is 3. The van der Waals surface area contributed by atoms with Crippen LogP contribution in [0.5, 0.6) is 0 Å². The Kier molecular flexibility index (Phi) is 15.9. The Hall–Kier alpha value is -0.830. The lowest BCUT2D eigenvalue weighted by Gasteiger charge is -2.07. The van der Waals surface area contributed by atoms with Crippen molar-refractivity contribution in [2.24, 2.45) is 0 Å². The van der Waals surface area contributed by atoms with Crippen LogP contribution < -0.4 is 0 Å². The minimum absolute atomic E-state index is 0.101. The van der Waals surface area contributed by atoms with E-state index in [1.807, 2.05) is 0 Å². The molecule has 0 aliphatic heterocycles. The van der Waals surface area contributed by atoms with Crippen molar-refractivity contribution in [3.63, 3.8) is 0 Å². The predicted octanol–water partition coefficient (Wildman–Crippen LogP) is 5.17. The quantitative estimate of drug-likeness (QED) is 0.258. The van der Waals surface area contributed by atoms with Crippen LogP contribution in [0.4, 0.5) is 0 Å². The van der Waals surface area contributed by atoms with Crippen molar-refractivity contribution in [2.75, 3.05) is 7.11 Å². The summed E-state index contributed by atoms with van der Waals surface area (Å²) in [5, 5.41) is 9.82. The van der Waals surface area contributed by atoms with Gasteiger partial charge in [-0.1, -0.05) is 64.0 Å². The lowest BCUT2D eigenvalue weighted by molar-refractivity contribution is -0.140. The van der Waals surface area contributed by atoms with Gasteiger partial charge in [0.05, 0.1) is 13.2 Å². The molecule has 0 aliphatic carbocycles. The first kappa shape index (κ1) is 21.2. The molecule has 0 spiro atoms. The summed E-state index contributed by atoms with van der Waals surface area (Å²) in [4.78, 5) is 10.9. The third kappa shape index (κ3) is 15.6. The standard InChI is InChI=1S/C19H36O3/c1-3-4-5-12-15-18(20)16-13-10-8-6-7-9-11-14-17-19(21)22-2/h10,13,18,20H,3-9,11-12,14-17H2,1-2H3/b13-10+. The SMILES string of the molecule is CCCCCCC(O)C/C=C/CCCCCCCC(=O)OC. The maximum Gasteiger partial charge on any atom is 0.305 e.